The van der Waals surface area contributed by atoms with Crippen LogP contribution in [-0.2, 0) is 4.74 Å². The van der Waals surface area contributed by atoms with Crippen LogP contribution in [0.1, 0.15) is 24.6 Å². The second-order valence-corrected chi connectivity index (χ2v) is 5.85. The van der Waals surface area contributed by atoms with E-state index >= 15 is 0 Å². The lowest BCUT2D eigenvalue weighted by molar-refractivity contribution is 0.141. The third kappa shape index (κ3) is 3.80. The largest absolute Gasteiger partial charge is 0.380 e. The van der Waals surface area contributed by atoms with Gasteiger partial charge in [0.15, 0.2) is 0 Å². The van der Waals surface area contributed by atoms with E-state index in [1.54, 1.807) is 11.3 Å². The summed E-state index contributed by atoms with van der Waals surface area (Å²) >= 11 is 1.68. The van der Waals surface area contributed by atoms with Crippen LogP contribution in [0.4, 0.5) is 11.8 Å². The lowest BCUT2D eigenvalue weighted by atomic mass is 10.3. The van der Waals surface area contributed by atoms with Gasteiger partial charge < -0.3 is 15.4 Å². The quantitative estimate of drug-likeness (QED) is 0.732. The van der Waals surface area contributed by atoms with E-state index in [4.69, 9.17) is 4.74 Å². The lowest BCUT2D eigenvalue weighted by Gasteiger charge is -2.09. The van der Waals surface area contributed by atoms with Gasteiger partial charge in [-0.25, -0.2) is 4.98 Å². The standard InChI is InChI=1S/C14H22N4OS/c1-4-5-7-19-8-6-16-12-11-9-10(2)20-13(11)18-14(15-3)17-12/h9H,4-8H2,1-3H3,(H2,15,16,17,18). The Balaban J connectivity index is 2.00. The molecule has 110 valence electrons. The molecule has 0 saturated heterocycles. The molecule has 6 heteroatoms. The summed E-state index contributed by atoms with van der Waals surface area (Å²) in [6.07, 6.45) is 2.28. The molecule has 0 saturated carbocycles. The number of fused-ring (bicyclic) bond motifs is 1. The van der Waals surface area contributed by atoms with E-state index in [-0.39, 0.29) is 0 Å². The van der Waals surface area contributed by atoms with E-state index in [0.29, 0.717) is 12.6 Å². The van der Waals surface area contributed by atoms with Crippen molar-refractivity contribution in [3.05, 3.63) is 10.9 Å². The molecule has 0 unspecified atom stereocenters. The minimum absolute atomic E-state index is 0.647. The number of nitrogens with zero attached hydrogens (tertiary/aromatic N) is 2. The first-order valence-corrected chi connectivity index (χ1v) is 7.83. The van der Waals surface area contributed by atoms with Gasteiger partial charge in [-0.2, -0.15) is 4.98 Å². The smallest absolute Gasteiger partial charge is 0.225 e. The topological polar surface area (TPSA) is 59.1 Å². The number of ether oxygens (including phenoxy) is 1. The first-order chi connectivity index (χ1) is 9.74. The van der Waals surface area contributed by atoms with Crippen LogP contribution in [0.2, 0.25) is 0 Å². The molecule has 20 heavy (non-hydrogen) atoms. The van der Waals surface area contributed by atoms with Gasteiger partial charge in [-0.1, -0.05) is 13.3 Å². The number of anilines is 2. The van der Waals surface area contributed by atoms with Crippen LogP contribution in [0.25, 0.3) is 10.2 Å². The fourth-order valence-electron chi connectivity index (χ4n) is 1.88. The van der Waals surface area contributed by atoms with Crippen molar-refractivity contribution in [2.24, 2.45) is 0 Å². The molecule has 0 aliphatic rings. The van der Waals surface area contributed by atoms with Crippen LogP contribution in [0.5, 0.6) is 0 Å². The van der Waals surface area contributed by atoms with Crippen molar-refractivity contribution in [2.45, 2.75) is 26.7 Å². The van der Waals surface area contributed by atoms with Gasteiger partial charge in [0.2, 0.25) is 5.95 Å². The molecule has 2 heterocycles. The van der Waals surface area contributed by atoms with Gasteiger partial charge in [0.05, 0.1) is 12.0 Å². The zero-order valence-electron chi connectivity index (χ0n) is 12.3. The van der Waals surface area contributed by atoms with Gasteiger partial charge in [-0.3, -0.25) is 0 Å². The average molecular weight is 294 g/mol. The summed E-state index contributed by atoms with van der Waals surface area (Å²) in [6.45, 7) is 6.54. The van der Waals surface area contributed by atoms with Gasteiger partial charge in [-0.15, -0.1) is 11.3 Å². The second kappa shape index (κ2) is 7.40. The van der Waals surface area contributed by atoms with Crippen molar-refractivity contribution in [1.82, 2.24) is 9.97 Å². The maximum absolute atomic E-state index is 5.55. The predicted octanol–water partition coefficient (Wildman–Crippen LogP) is 3.27. The number of unbranched alkanes of at least 4 members (excludes halogenated alkanes) is 1. The summed E-state index contributed by atoms with van der Waals surface area (Å²) in [5, 5.41) is 7.43. The summed E-state index contributed by atoms with van der Waals surface area (Å²) in [5.74, 6) is 1.52. The lowest BCUT2D eigenvalue weighted by Crippen LogP contribution is -2.12. The van der Waals surface area contributed by atoms with Gasteiger partial charge in [-0.05, 0) is 19.4 Å². The van der Waals surface area contributed by atoms with Crippen LogP contribution < -0.4 is 10.6 Å². The Hall–Kier alpha value is -1.40. The normalized spacial score (nSPS) is 10.9. The maximum Gasteiger partial charge on any atom is 0.225 e. The highest BCUT2D eigenvalue weighted by Gasteiger charge is 2.09. The fourth-order valence-corrected chi connectivity index (χ4v) is 2.76. The molecule has 0 amide bonds. The Morgan fingerprint density at radius 3 is 2.90 bits per heavy atom. The molecule has 5 nitrogen and oxygen atoms in total. The molecule has 0 aliphatic heterocycles. The van der Waals surface area contributed by atoms with Gasteiger partial charge in [0.1, 0.15) is 10.6 Å². The summed E-state index contributed by atoms with van der Waals surface area (Å²) < 4.78 is 5.55. The van der Waals surface area contributed by atoms with Crippen LogP contribution in [0.3, 0.4) is 0 Å². The predicted molar refractivity (Wildman–Crippen MR) is 85.9 cm³/mol. The van der Waals surface area contributed by atoms with Crippen LogP contribution >= 0.6 is 11.3 Å². The Bertz CT molecular complexity index is 555. The highest BCUT2D eigenvalue weighted by Crippen LogP contribution is 2.29. The van der Waals surface area contributed by atoms with Crippen LogP contribution in [0.15, 0.2) is 6.07 Å². The molecule has 0 atom stereocenters. The zero-order chi connectivity index (χ0) is 14.4. The minimum atomic E-state index is 0.647. The van der Waals surface area contributed by atoms with E-state index in [1.165, 1.54) is 11.3 Å². The minimum Gasteiger partial charge on any atom is -0.380 e. The number of hydrogen-bond acceptors (Lipinski definition) is 6. The van der Waals surface area contributed by atoms with Gasteiger partial charge in [0.25, 0.3) is 0 Å². The number of aryl methyl sites for hydroxylation is 1. The highest BCUT2D eigenvalue weighted by molar-refractivity contribution is 7.18. The second-order valence-electron chi connectivity index (χ2n) is 4.61. The molecular formula is C14H22N4OS. The Kier molecular flexibility index (Phi) is 5.55. The molecule has 2 rings (SSSR count). The molecule has 0 bridgehead atoms. The zero-order valence-corrected chi connectivity index (χ0v) is 13.1. The highest BCUT2D eigenvalue weighted by atomic mass is 32.1. The molecule has 2 aromatic rings. The first-order valence-electron chi connectivity index (χ1n) is 7.02. The van der Waals surface area contributed by atoms with Gasteiger partial charge in [0, 0.05) is 25.1 Å². The average Bonchev–Trinajstić information content (AvgIpc) is 2.82. The number of thiophene rings is 1. The first kappa shape index (κ1) is 15.0. The van der Waals surface area contributed by atoms with Crippen LogP contribution in [-0.4, -0.2) is 36.8 Å². The fraction of sp³-hybridized carbons (Fsp3) is 0.571. The number of aromatic nitrogens is 2. The van der Waals surface area contributed by atoms with E-state index in [1.807, 2.05) is 7.05 Å². The van der Waals surface area contributed by atoms with E-state index in [9.17, 15) is 0 Å². The Morgan fingerprint density at radius 2 is 2.15 bits per heavy atom. The Labute approximate surface area is 123 Å². The monoisotopic (exact) mass is 294 g/mol. The third-order valence-electron chi connectivity index (χ3n) is 2.92. The molecule has 0 spiro atoms. The SMILES string of the molecule is CCCCOCCNc1nc(NC)nc2sc(C)cc12. The van der Waals surface area contributed by atoms with Crippen LogP contribution in [0, 0.1) is 6.92 Å². The van der Waals surface area contributed by atoms with E-state index < -0.39 is 0 Å². The van der Waals surface area contributed by atoms with Gasteiger partial charge >= 0.3 is 0 Å². The Morgan fingerprint density at radius 1 is 1.30 bits per heavy atom. The summed E-state index contributed by atoms with van der Waals surface area (Å²) in [6, 6.07) is 2.12. The van der Waals surface area contributed by atoms with E-state index in [2.05, 4.69) is 40.5 Å². The molecule has 0 aromatic carbocycles. The maximum atomic E-state index is 5.55. The summed E-state index contributed by atoms with van der Waals surface area (Å²) in [5.41, 5.74) is 0. The molecule has 0 radical (unpaired) electrons. The third-order valence-corrected chi connectivity index (χ3v) is 3.86. The summed E-state index contributed by atoms with van der Waals surface area (Å²) in [4.78, 5) is 11.2. The number of hydrogen-bond donors (Lipinski definition) is 2. The number of rotatable bonds is 8. The molecular weight excluding hydrogens is 272 g/mol. The molecule has 0 aliphatic carbocycles. The molecule has 2 aromatic heterocycles. The number of nitrogens with one attached hydrogen (secondary N) is 2. The van der Waals surface area contributed by atoms with Crippen molar-refractivity contribution < 1.29 is 4.74 Å². The summed E-state index contributed by atoms with van der Waals surface area (Å²) in [7, 11) is 1.83. The molecule has 0 fully saturated rings. The van der Waals surface area contributed by atoms with Crippen molar-refractivity contribution in [3.8, 4) is 0 Å². The van der Waals surface area contributed by atoms with E-state index in [0.717, 1.165) is 35.6 Å². The van der Waals surface area contributed by atoms with Crippen molar-refractivity contribution in [3.63, 3.8) is 0 Å². The van der Waals surface area contributed by atoms with Crippen molar-refractivity contribution >= 4 is 33.3 Å². The molecule has 2 N–H and O–H groups in total. The van der Waals surface area contributed by atoms with Crippen molar-refractivity contribution in [1.29, 1.82) is 0 Å². The van der Waals surface area contributed by atoms with Crippen molar-refractivity contribution in [2.75, 3.05) is 37.4 Å².